The lowest BCUT2D eigenvalue weighted by Crippen LogP contribution is -2.32. The van der Waals surface area contributed by atoms with Gasteiger partial charge in [0.1, 0.15) is 18.2 Å². The monoisotopic (exact) mass is 263 g/mol. The van der Waals surface area contributed by atoms with Crippen LogP contribution in [-0.4, -0.2) is 42.5 Å². The number of carbonyl (C=O) groups is 2. The average molecular weight is 263 g/mol. The van der Waals surface area contributed by atoms with Crippen LogP contribution in [0, 0.1) is 11.3 Å². The van der Waals surface area contributed by atoms with Crippen molar-refractivity contribution in [1.82, 2.24) is 9.47 Å². The molecule has 7 heteroatoms. The first-order valence-corrected chi connectivity index (χ1v) is 5.33. The molecule has 0 unspecified atom stereocenters. The molecule has 0 aliphatic heterocycles. The van der Waals surface area contributed by atoms with Crippen LogP contribution in [0.4, 0.5) is 0 Å². The number of nitrogens with zero attached hydrogens (tertiary/aromatic N) is 3. The van der Waals surface area contributed by atoms with Crippen molar-refractivity contribution in [3.63, 3.8) is 0 Å². The van der Waals surface area contributed by atoms with E-state index in [0.717, 1.165) is 10.6 Å². The van der Waals surface area contributed by atoms with Crippen molar-refractivity contribution in [3.8, 4) is 6.07 Å². The molecule has 19 heavy (non-hydrogen) atoms. The molecule has 0 spiro atoms. The third-order valence-corrected chi connectivity index (χ3v) is 2.43. The number of hydrogen-bond acceptors (Lipinski definition) is 5. The number of ether oxygens (including phenoxy) is 1. The summed E-state index contributed by atoms with van der Waals surface area (Å²) in [5.74, 6) is -1.00. The summed E-state index contributed by atoms with van der Waals surface area (Å²) in [5, 5.41) is 8.85. The van der Waals surface area contributed by atoms with Crippen LogP contribution < -0.4 is 5.56 Å². The Hall–Kier alpha value is -2.62. The quantitative estimate of drug-likeness (QED) is 0.691. The Bertz CT molecular complexity index is 610. The molecule has 1 aromatic heterocycles. The van der Waals surface area contributed by atoms with Crippen molar-refractivity contribution >= 4 is 11.9 Å². The summed E-state index contributed by atoms with van der Waals surface area (Å²) in [6.45, 7) is -0.245. The largest absolute Gasteiger partial charge is 0.465 e. The Balaban J connectivity index is 3.31. The van der Waals surface area contributed by atoms with Crippen molar-refractivity contribution in [1.29, 1.82) is 5.26 Å². The molecule has 0 saturated carbocycles. The minimum Gasteiger partial charge on any atom is -0.465 e. The Morgan fingerprint density at radius 3 is 2.58 bits per heavy atom. The zero-order valence-electron chi connectivity index (χ0n) is 10.8. The van der Waals surface area contributed by atoms with E-state index in [2.05, 4.69) is 4.74 Å². The number of hydrogen-bond donors (Lipinski definition) is 0. The number of esters is 1. The first-order chi connectivity index (χ1) is 8.90. The van der Waals surface area contributed by atoms with Gasteiger partial charge in [0.05, 0.1) is 12.7 Å². The maximum atomic E-state index is 11.8. The molecule has 1 rings (SSSR count). The van der Waals surface area contributed by atoms with Gasteiger partial charge in [-0.25, -0.2) is 4.79 Å². The maximum absolute atomic E-state index is 11.8. The Morgan fingerprint density at radius 1 is 1.47 bits per heavy atom. The van der Waals surface area contributed by atoms with Gasteiger partial charge in [0, 0.05) is 20.3 Å². The number of likely N-dealkylation sites (N-methyl/N-ethyl adjacent to an activating group) is 1. The number of aromatic nitrogens is 1. The SMILES string of the molecule is COC(=O)c1cc(C#N)c(=O)n(CC(=O)N(C)C)c1. The van der Waals surface area contributed by atoms with E-state index in [1.165, 1.54) is 18.2 Å². The Kier molecular flexibility index (Phi) is 4.42. The van der Waals surface area contributed by atoms with Crippen LogP contribution >= 0.6 is 0 Å². The zero-order chi connectivity index (χ0) is 14.6. The molecule has 0 atom stereocenters. The molecular weight excluding hydrogens is 250 g/mol. The van der Waals surface area contributed by atoms with Crippen molar-refractivity contribution in [2.24, 2.45) is 0 Å². The smallest absolute Gasteiger partial charge is 0.339 e. The molecule has 100 valence electrons. The lowest BCUT2D eigenvalue weighted by Gasteiger charge is -2.12. The lowest BCUT2D eigenvalue weighted by atomic mass is 10.2. The third-order valence-electron chi connectivity index (χ3n) is 2.43. The van der Waals surface area contributed by atoms with Gasteiger partial charge in [-0.1, -0.05) is 0 Å². The van der Waals surface area contributed by atoms with Crippen molar-refractivity contribution < 1.29 is 14.3 Å². The molecule has 0 N–H and O–H groups in total. The van der Waals surface area contributed by atoms with Gasteiger partial charge >= 0.3 is 5.97 Å². The van der Waals surface area contributed by atoms with Crippen molar-refractivity contribution in [2.75, 3.05) is 21.2 Å². The number of rotatable bonds is 3. The fourth-order valence-corrected chi connectivity index (χ4v) is 1.35. The van der Waals surface area contributed by atoms with Gasteiger partial charge in [0.2, 0.25) is 5.91 Å². The van der Waals surface area contributed by atoms with Gasteiger partial charge in [0.25, 0.3) is 5.56 Å². The zero-order valence-corrected chi connectivity index (χ0v) is 10.8. The molecule has 7 nitrogen and oxygen atoms in total. The molecule has 0 aliphatic carbocycles. The van der Waals surface area contributed by atoms with Gasteiger partial charge in [-0.3, -0.25) is 9.59 Å². The van der Waals surface area contributed by atoms with Crippen LogP contribution in [0.3, 0.4) is 0 Å². The number of carbonyl (C=O) groups excluding carboxylic acids is 2. The second-order valence-corrected chi connectivity index (χ2v) is 3.97. The first-order valence-electron chi connectivity index (χ1n) is 5.33. The minimum absolute atomic E-state index is 0.0465. The fourth-order valence-electron chi connectivity index (χ4n) is 1.35. The van der Waals surface area contributed by atoms with Crippen LogP contribution in [0.5, 0.6) is 0 Å². The molecule has 0 radical (unpaired) electrons. The average Bonchev–Trinajstić information content (AvgIpc) is 2.39. The number of pyridine rings is 1. The Labute approximate surface area is 109 Å². The van der Waals surface area contributed by atoms with E-state index >= 15 is 0 Å². The maximum Gasteiger partial charge on any atom is 0.339 e. The minimum atomic E-state index is -0.678. The predicted octanol–water partition coefficient (Wildman–Crippen LogP) is -0.405. The molecule has 0 saturated heterocycles. The Morgan fingerprint density at radius 2 is 2.11 bits per heavy atom. The van der Waals surface area contributed by atoms with Gasteiger partial charge in [0.15, 0.2) is 0 Å². The van der Waals surface area contributed by atoms with Gasteiger partial charge in [-0.05, 0) is 6.07 Å². The molecule has 0 aliphatic rings. The highest BCUT2D eigenvalue weighted by molar-refractivity contribution is 5.89. The van der Waals surface area contributed by atoms with Crippen molar-refractivity contribution in [2.45, 2.75) is 6.54 Å². The predicted molar refractivity (Wildman–Crippen MR) is 65.5 cm³/mol. The van der Waals surface area contributed by atoms with Gasteiger partial charge in [-0.2, -0.15) is 5.26 Å². The summed E-state index contributed by atoms with van der Waals surface area (Å²) in [6, 6.07) is 2.84. The van der Waals surface area contributed by atoms with Crippen LogP contribution in [0.2, 0.25) is 0 Å². The van der Waals surface area contributed by atoms with E-state index in [0.29, 0.717) is 0 Å². The highest BCUT2D eigenvalue weighted by atomic mass is 16.5. The second kappa shape index (κ2) is 5.82. The third kappa shape index (κ3) is 3.19. The molecule has 0 fully saturated rings. The topological polar surface area (TPSA) is 92.4 Å². The van der Waals surface area contributed by atoms with Crippen LogP contribution in [0.1, 0.15) is 15.9 Å². The van der Waals surface area contributed by atoms with Crippen LogP contribution in [-0.2, 0) is 16.1 Å². The number of methoxy groups -OCH3 is 1. The van der Waals surface area contributed by atoms with E-state index in [4.69, 9.17) is 5.26 Å². The van der Waals surface area contributed by atoms with Gasteiger partial charge < -0.3 is 14.2 Å². The summed E-state index contributed by atoms with van der Waals surface area (Å²) in [5.41, 5.74) is -0.787. The summed E-state index contributed by atoms with van der Waals surface area (Å²) in [4.78, 5) is 36.2. The molecule has 0 bridgehead atoms. The lowest BCUT2D eigenvalue weighted by molar-refractivity contribution is -0.129. The molecule has 1 heterocycles. The standard InChI is InChI=1S/C12H13N3O4/c1-14(2)10(16)7-15-6-9(12(18)19-3)4-8(5-13)11(15)17/h4,6H,7H2,1-3H3. The molecule has 1 amide bonds. The van der Waals surface area contributed by atoms with Crippen LogP contribution in [0.25, 0.3) is 0 Å². The van der Waals surface area contributed by atoms with Crippen molar-refractivity contribution in [3.05, 3.63) is 33.7 Å². The fraction of sp³-hybridized carbons (Fsp3) is 0.333. The second-order valence-electron chi connectivity index (χ2n) is 3.97. The summed E-state index contributed by atoms with van der Waals surface area (Å²) < 4.78 is 5.54. The van der Waals surface area contributed by atoms with Crippen LogP contribution in [0.15, 0.2) is 17.1 Å². The highest BCUT2D eigenvalue weighted by Gasteiger charge is 2.14. The summed E-state index contributed by atoms with van der Waals surface area (Å²) in [7, 11) is 4.28. The highest BCUT2D eigenvalue weighted by Crippen LogP contribution is 2.02. The molecular formula is C12H13N3O4. The number of amides is 1. The van der Waals surface area contributed by atoms with E-state index in [1.54, 1.807) is 20.2 Å². The van der Waals surface area contributed by atoms with E-state index in [-0.39, 0.29) is 23.6 Å². The summed E-state index contributed by atoms with van der Waals surface area (Å²) in [6.07, 6.45) is 1.20. The number of nitriles is 1. The van der Waals surface area contributed by atoms with E-state index < -0.39 is 11.5 Å². The normalized spacial score (nSPS) is 9.58. The first kappa shape index (κ1) is 14.4. The molecule has 0 aromatic carbocycles. The van der Waals surface area contributed by atoms with Gasteiger partial charge in [-0.15, -0.1) is 0 Å². The molecule has 1 aromatic rings. The van der Waals surface area contributed by atoms with E-state index in [1.807, 2.05) is 0 Å². The summed E-state index contributed by atoms with van der Waals surface area (Å²) >= 11 is 0. The van der Waals surface area contributed by atoms with E-state index in [9.17, 15) is 14.4 Å².